The van der Waals surface area contributed by atoms with Crippen molar-refractivity contribution in [3.63, 3.8) is 0 Å². The van der Waals surface area contributed by atoms with Crippen LogP contribution in [0.3, 0.4) is 0 Å². The average Bonchev–Trinajstić information content (AvgIpc) is 2.93. The average molecular weight is 333 g/mol. The Morgan fingerprint density at radius 1 is 1.57 bits per heavy atom. The van der Waals surface area contributed by atoms with Gasteiger partial charge in [0, 0.05) is 24.7 Å². The van der Waals surface area contributed by atoms with Crippen molar-refractivity contribution in [3.8, 4) is 0 Å². The summed E-state index contributed by atoms with van der Waals surface area (Å²) in [5.41, 5.74) is 1.18. The standard InChI is InChI=1S/C11H19N5O3S2/c1-4-15(7-11(2,3)17)21(18,19)9-8(14-12)13-10-16(9)5-6-20-10/h5-6,14,17H,4,7,12H2,1-3H3. The van der Waals surface area contributed by atoms with E-state index in [4.69, 9.17) is 5.84 Å². The largest absolute Gasteiger partial charge is 0.389 e. The molecule has 21 heavy (non-hydrogen) atoms. The maximum atomic E-state index is 12.9. The molecule has 0 radical (unpaired) electrons. The molecule has 2 aromatic rings. The van der Waals surface area contributed by atoms with Crippen molar-refractivity contribution in [3.05, 3.63) is 11.6 Å². The lowest BCUT2D eigenvalue weighted by molar-refractivity contribution is 0.0601. The number of hydrogen-bond acceptors (Lipinski definition) is 7. The first-order valence-electron chi connectivity index (χ1n) is 6.35. The molecule has 10 heteroatoms. The zero-order chi connectivity index (χ0) is 15.8. The summed E-state index contributed by atoms with van der Waals surface area (Å²) in [6, 6.07) is 0. The summed E-state index contributed by atoms with van der Waals surface area (Å²) >= 11 is 1.31. The first kappa shape index (κ1) is 16.2. The minimum absolute atomic E-state index is 0.0206. The highest BCUT2D eigenvalue weighted by Gasteiger charge is 2.33. The van der Waals surface area contributed by atoms with Crippen LogP contribution in [0.1, 0.15) is 20.8 Å². The Morgan fingerprint density at radius 2 is 2.24 bits per heavy atom. The number of nitrogens with one attached hydrogen (secondary N) is 1. The molecule has 2 aromatic heterocycles. The highest BCUT2D eigenvalue weighted by Crippen LogP contribution is 2.28. The number of nitrogen functional groups attached to an aromatic ring is 1. The van der Waals surface area contributed by atoms with Gasteiger partial charge >= 0.3 is 0 Å². The van der Waals surface area contributed by atoms with Gasteiger partial charge in [-0.05, 0) is 13.8 Å². The molecule has 0 amide bonds. The van der Waals surface area contributed by atoms with Crippen LogP contribution in [0.5, 0.6) is 0 Å². The van der Waals surface area contributed by atoms with Crippen molar-refractivity contribution < 1.29 is 13.5 Å². The summed E-state index contributed by atoms with van der Waals surface area (Å²) in [6.45, 7) is 5.04. The van der Waals surface area contributed by atoms with Gasteiger partial charge in [0.2, 0.25) is 5.03 Å². The van der Waals surface area contributed by atoms with Crippen molar-refractivity contribution in [1.29, 1.82) is 0 Å². The molecule has 0 atom stereocenters. The molecule has 2 rings (SSSR count). The van der Waals surface area contributed by atoms with Gasteiger partial charge in [-0.3, -0.25) is 4.40 Å². The number of thiazole rings is 1. The Labute approximate surface area is 127 Å². The van der Waals surface area contributed by atoms with Gasteiger partial charge in [-0.15, -0.1) is 11.3 Å². The van der Waals surface area contributed by atoms with Gasteiger partial charge in [-0.1, -0.05) is 6.92 Å². The molecule has 4 N–H and O–H groups in total. The van der Waals surface area contributed by atoms with E-state index in [1.807, 2.05) is 0 Å². The second-order valence-electron chi connectivity index (χ2n) is 5.21. The van der Waals surface area contributed by atoms with E-state index in [1.54, 1.807) is 32.3 Å². The Morgan fingerprint density at radius 3 is 2.76 bits per heavy atom. The molecule has 0 aromatic carbocycles. The molecule has 0 spiro atoms. The number of hydrazine groups is 1. The SMILES string of the molecule is CCN(CC(C)(C)O)S(=O)(=O)c1c(NN)nc2sccn12. The van der Waals surface area contributed by atoms with Crippen molar-refractivity contribution in [2.45, 2.75) is 31.4 Å². The molecule has 0 unspecified atom stereocenters. The number of aromatic nitrogens is 2. The molecule has 0 fully saturated rings. The van der Waals surface area contributed by atoms with Crippen LogP contribution in [0.15, 0.2) is 16.6 Å². The number of sulfonamides is 1. The number of nitrogens with zero attached hydrogens (tertiary/aromatic N) is 3. The van der Waals surface area contributed by atoms with Crippen LogP contribution in [0.4, 0.5) is 5.82 Å². The molecule has 118 valence electrons. The van der Waals surface area contributed by atoms with Crippen LogP contribution in [0, 0.1) is 0 Å². The summed E-state index contributed by atoms with van der Waals surface area (Å²) in [6.07, 6.45) is 1.62. The fourth-order valence-corrected chi connectivity index (χ4v) is 4.61. The molecule has 0 bridgehead atoms. The third kappa shape index (κ3) is 3.04. The summed E-state index contributed by atoms with van der Waals surface area (Å²) in [5, 5.41) is 11.6. The van der Waals surface area contributed by atoms with Crippen LogP contribution >= 0.6 is 11.3 Å². The monoisotopic (exact) mass is 333 g/mol. The molecule has 2 heterocycles. The topological polar surface area (TPSA) is 113 Å². The van der Waals surface area contributed by atoms with Crippen LogP contribution in [0.25, 0.3) is 4.96 Å². The van der Waals surface area contributed by atoms with Gasteiger partial charge in [-0.25, -0.2) is 14.3 Å². The van der Waals surface area contributed by atoms with Crippen LogP contribution in [0.2, 0.25) is 0 Å². The van der Waals surface area contributed by atoms with Crippen LogP contribution in [-0.2, 0) is 10.0 Å². The highest BCUT2D eigenvalue weighted by atomic mass is 32.2. The van der Waals surface area contributed by atoms with Crippen molar-refractivity contribution in [1.82, 2.24) is 13.7 Å². The van der Waals surface area contributed by atoms with Gasteiger partial charge in [0.25, 0.3) is 10.0 Å². The van der Waals surface area contributed by atoms with E-state index in [-0.39, 0.29) is 23.9 Å². The molecular formula is C11H19N5O3S2. The molecule has 0 aliphatic carbocycles. The molecule has 0 saturated heterocycles. The predicted octanol–water partition coefficient (Wildman–Crippen LogP) is 0.463. The number of aliphatic hydroxyl groups is 1. The number of nitrogens with two attached hydrogens (primary N) is 1. The third-order valence-electron chi connectivity index (χ3n) is 2.86. The van der Waals surface area contributed by atoms with E-state index in [0.717, 1.165) is 0 Å². The van der Waals surface area contributed by atoms with Crippen molar-refractivity contribution in [2.24, 2.45) is 5.84 Å². The number of likely N-dealkylation sites (N-methyl/N-ethyl adjacent to an activating group) is 1. The highest BCUT2D eigenvalue weighted by molar-refractivity contribution is 7.89. The number of rotatable bonds is 6. The van der Waals surface area contributed by atoms with Crippen molar-refractivity contribution >= 4 is 32.1 Å². The quantitative estimate of drug-likeness (QED) is 0.523. The van der Waals surface area contributed by atoms with Gasteiger partial charge < -0.3 is 10.5 Å². The summed E-state index contributed by atoms with van der Waals surface area (Å²) < 4.78 is 28.4. The fraction of sp³-hybridized carbons (Fsp3) is 0.545. The minimum atomic E-state index is -3.84. The Kier molecular flexibility index (Phi) is 4.26. The smallest absolute Gasteiger partial charge is 0.263 e. The number of anilines is 1. The zero-order valence-corrected chi connectivity index (χ0v) is 13.7. The van der Waals surface area contributed by atoms with E-state index in [1.165, 1.54) is 20.0 Å². The van der Waals surface area contributed by atoms with E-state index in [2.05, 4.69) is 10.4 Å². The molecule has 0 saturated carbocycles. The summed E-state index contributed by atoms with van der Waals surface area (Å²) in [4.78, 5) is 4.68. The molecule has 0 aliphatic heterocycles. The van der Waals surface area contributed by atoms with E-state index < -0.39 is 15.6 Å². The Bertz CT molecular complexity index is 729. The van der Waals surface area contributed by atoms with E-state index in [9.17, 15) is 13.5 Å². The molecular weight excluding hydrogens is 314 g/mol. The fourth-order valence-electron chi connectivity index (χ4n) is 2.03. The van der Waals surface area contributed by atoms with Crippen LogP contribution < -0.4 is 11.3 Å². The Balaban J connectivity index is 2.56. The van der Waals surface area contributed by atoms with Gasteiger partial charge in [-0.2, -0.15) is 9.29 Å². The van der Waals surface area contributed by atoms with Crippen LogP contribution in [-0.4, -0.2) is 45.9 Å². The normalized spacial score (nSPS) is 13.2. The third-order valence-corrected chi connectivity index (χ3v) is 5.56. The van der Waals surface area contributed by atoms with Gasteiger partial charge in [0.05, 0.1) is 5.60 Å². The second kappa shape index (κ2) is 5.54. The first-order chi connectivity index (χ1) is 9.70. The maximum absolute atomic E-state index is 12.9. The lowest BCUT2D eigenvalue weighted by Crippen LogP contribution is -2.42. The van der Waals surface area contributed by atoms with E-state index >= 15 is 0 Å². The zero-order valence-electron chi connectivity index (χ0n) is 12.1. The first-order valence-corrected chi connectivity index (χ1v) is 8.67. The maximum Gasteiger partial charge on any atom is 0.263 e. The molecule has 8 nitrogen and oxygen atoms in total. The summed E-state index contributed by atoms with van der Waals surface area (Å²) in [5.74, 6) is 5.48. The number of hydrogen-bond donors (Lipinski definition) is 3. The lowest BCUT2D eigenvalue weighted by atomic mass is 10.1. The van der Waals surface area contributed by atoms with Crippen molar-refractivity contribution in [2.75, 3.05) is 18.5 Å². The second-order valence-corrected chi connectivity index (χ2v) is 7.94. The Hall–Kier alpha value is -1.20. The van der Waals surface area contributed by atoms with Gasteiger partial charge in [0.1, 0.15) is 0 Å². The number of imidazole rings is 1. The van der Waals surface area contributed by atoms with E-state index in [0.29, 0.717) is 4.96 Å². The minimum Gasteiger partial charge on any atom is -0.389 e. The predicted molar refractivity (Wildman–Crippen MR) is 81.6 cm³/mol. The lowest BCUT2D eigenvalue weighted by Gasteiger charge is -2.27. The number of fused-ring (bicyclic) bond motifs is 1. The molecule has 0 aliphatic rings. The summed E-state index contributed by atoms with van der Waals surface area (Å²) in [7, 11) is -3.84. The van der Waals surface area contributed by atoms with Gasteiger partial charge in [0.15, 0.2) is 10.8 Å².